The van der Waals surface area contributed by atoms with Crippen molar-refractivity contribution in [3.63, 3.8) is 0 Å². The molecule has 8 heteroatoms. The van der Waals surface area contributed by atoms with Crippen molar-refractivity contribution in [1.82, 2.24) is 14.5 Å². The largest absolute Gasteiger partial charge is 0.496 e. The van der Waals surface area contributed by atoms with Crippen molar-refractivity contribution < 1.29 is 17.9 Å². The second kappa shape index (κ2) is 10.3. The van der Waals surface area contributed by atoms with Gasteiger partial charge in [0.1, 0.15) is 5.75 Å². The van der Waals surface area contributed by atoms with Gasteiger partial charge < -0.3 is 15.0 Å². The van der Waals surface area contributed by atoms with Crippen LogP contribution in [0.3, 0.4) is 0 Å². The summed E-state index contributed by atoms with van der Waals surface area (Å²) >= 11 is 0. The zero-order valence-corrected chi connectivity index (χ0v) is 19.2. The minimum Gasteiger partial charge on any atom is -0.496 e. The third-order valence-corrected chi connectivity index (χ3v) is 7.54. The summed E-state index contributed by atoms with van der Waals surface area (Å²) in [6.07, 6.45) is 0.138. The summed E-state index contributed by atoms with van der Waals surface area (Å²) in [6.45, 7) is 6.79. The van der Waals surface area contributed by atoms with Crippen LogP contribution in [-0.4, -0.2) is 63.4 Å². The molecule has 0 spiro atoms. The zero-order chi connectivity index (χ0) is 22.4. The lowest BCUT2D eigenvalue weighted by Gasteiger charge is -2.29. The van der Waals surface area contributed by atoms with Crippen molar-refractivity contribution in [3.05, 3.63) is 59.2 Å². The van der Waals surface area contributed by atoms with Crippen LogP contribution in [-0.2, 0) is 21.4 Å². The van der Waals surface area contributed by atoms with Gasteiger partial charge in [-0.3, -0.25) is 4.79 Å². The number of amides is 1. The maximum atomic E-state index is 13.6. The van der Waals surface area contributed by atoms with E-state index in [0.717, 1.165) is 24.2 Å². The second-order valence-electron chi connectivity index (χ2n) is 7.80. The minimum absolute atomic E-state index is 0.0256. The average Bonchev–Trinajstić information content (AvgIpc) is 2.76. The van der Waals surface area contributed by atoms with E-state index in [-0.39, 0.29) is 30.3 Å². The van der Waals surface area contributed by atoms with Crippen molar-refractivity contribution in [2.75, 3.05) is 39.8 Å². The Morgan fingerprint density at radius 1 is 1.13 bits per heavy atom. The molecule has 1 aliphatic rings. The van der Waals surface area contributed by atoms with E-state index in [1.807, 2.05) is 37.3 Å². The van der Waals surface area contributed by atoms with E-state index < -0.39 is 10.0 Å². The highest BCUT2D eigenvalue weighted by Gasteiger charge is 2.28. The number of para-hydroxylation sites is 1. The Morgan fingerprint density at radius 2 is 1.84 bits per heavy atom. The summed E-state index contributed by atoms with van der Waals surface area (Å²) in [5, 5.41) is 3.22. The number of hydrogen-bond donors (Lipinski definition) is 1. The van der Waals surface area contributed by atoms with E-state index in [1.54, 1.807) is 31.1 Å². The lowest BCUT2D eigenvalue weighted by atomic mass is 10.2. The summed E-state index contributed by atoms with van der Waals surface area (Å²) < 4.78 is 34.0. The summed E-state index contributed by atoms with van der Waals surface area (Å²) in [5.74, 6) is 0.596. The van der Waals surface area contributed by atoms with Crippen LogP contribution in [0.15, 0.2) is 47.4 Å². The topological polar surface area (TPSA) is 79.0 Å². The van der Waals surface area contributed by atoms with Crippen molar-refractivity contribution in [2.45, 2.75) is 31.7 Å². The molecule has 1 heterocycles. The van der Waals surface area contributed by atoms with E-state index in [1.165, 1.54) is 4.31 Å². The first-order valence-electron chi connectivity index (χ1n) is 10.5. The van der Waals surface area contributed by atoms with Crippen molar-refractivity contribution in [3.8, 4) is 5.75 Å². The molecule has 0 aromatic heterocycles. The molecular formula is C23H31N3O4S. The monoisotopic (exact) mass is 445 g/mol. The van der Waals surface area contributed by atoms with Gasteiger partial charge in [0.05, 0.1) is 12.0 Å². The van der Waals surface area contributed by atoms with Gasteiger partial charge in [0.15, 0.2) is 0 Å². The SMILES string of the molecule is COc1ccccc1CN(CCC(=O)N1CCNCC1)S(=O)(=O)c1ccc(C)cc1C. The summed E-state index contributed by atoms with van der Waals surface area (Å²) in [6, 6.07) is 12.7. The lowest BCUT2D eigenvalue weighted by Crippen LogP contribution is -2.47. The fourth-order valence-electron chi connectivity index (χ4n) is 3.83. The maximum absolute atomic E-state index is 13.6. The van der Waals surface area contributed by atoms with Gasteiger partial charge in [-0.15, -0.1) is 0 Å². The number of piperazine rings is 1. The predicted molar refractivity (Wildman–Crippen MR) is 121 cm³/mol. The molecule has 2 aromatic carbocycles. The maximum Gasteiger partial charge on any atom is 0.243 e. The third-order valence-electron chi connectivity index (χ3n) is 5.53. The first kappa shape index (κ1) is 23.2. The highest BCUT2D eigenvalue weighted by Crippen LogP contribution is 2.26. The number of hydrogen-bond acceptors (Lipinski definition) is 5. The van der Waals surface area contributed by atoms with E-state index >= 15 is 0 Å². The molecule has 2 aromatic rings. The molecular weight excluding hydrogens is 414 g/mol. The van der Waals surface area contributed by atoms with Crippen LogP contribution in [0.5, 0.6) is 5.75 Å². The Balaban J connectivity index is 1.88. The van der Waals surface area contributed by atoms with E-state index in [9.17, 15) is 13.2 Å². The molecule has 3 rings (SSSR count). The van der Waals surface area contributed by atoms with Gasteiger partial charge in [-0.25, -0.2) is 8.42 Å². The number of methoxy groups -OCH3 is 1. The lowest BCUT2D eigenvalue weighted by molar-refractivity contribution is -0.131. The standard InChI is InChI=1S/C23H31N3O4S/c1-18-8-9-22(19(2)16-18)31(28,29)26(17-20-6-4-5-7-21(20)30-3)13-10-23(27)25-14-11-24-12-15-25/h4-9,16,24H,10-15,17H2,1-3H3. The number of carbonyl (C=O) groups is 1. The molecule has 1 aliphatic heterocycles. The van der Waals surface area contributed by atoms with Gasteiger partial charge in [-0.1, -0.05) is 35.9 Å². The first-order valence-corrected chi connectivity index (χ1v) is 11.9. The fraction of sp³-hybridized carbons (Fsp3) is 0.435. The van der Waals surface area contributed by atoms with Gasteiger partial charge in [-0.2, -0.15) is 4.31 Å². The summed E-state index contributed by atoms with van der Waals surface area (Å²) in [4.78, 5) is 14.8. The molecule has 0 aliphatic carbocycles. The molecule has 1 fully saturated rings. The number of nitrogens with one attached hydrogen (secondary N) is 1. The Kier molecular flexibility index (Phi) is 7.69. The molecule has 0 atom stereocenters. The summed E-state index contributed by atoms with van der Waals surface area (Å²) in [5.41, 5.74) is 2.45. The number of benzene rings is 2. The number of carbonyl (C=O) groups excluding carboxylic acids is 1. The number of nitrogens with zero attached hydrogens (tertiary/aromatic N) is 2. The van der Waals surface area contributed by atoms with Crippen molar-refractivity contribution >= 4 is 15.9 Å². The van der Waals surface area contributed by atoms with Crippen LogP contribution in [0.1, 0.15) is 23.1 Å². The number of ether oxygens (including phenoxy) is 1. The van der Waals surface area contributed by atoms with Gasteiger partial charge in [0.2, 0.25) is 15.9 Å². The third kappa shape index (κ3) is 5.64. The molecule has 168 valence electrons. The van der Waals surface area contributed by atoms with Crippen LogP contribution < -0.4 is 10.1 Å². The normalized spacial score (nSPS) is 14.6. The van der Waals surface area contributed by atoms with Gasteiger partial charge in [0, 0.05) is 51.3 Å². The minimum atomic E-state index is -3.80. The molecule has 0 unspecified atom stereocenters. The molecule has 0 radical (unpaired) electrons. The number of rotatable bonds is 8. The van der Waals surface area contributed by atoms with Crippen LogP contribution in [0, 0.1) is 13.8 Å². The average molecular weight is 446 g/mol. The van der Waals surface area contributed by atoms with Crippen molar-refractivity contribution in [1.29, 1.82) is 0 Å². The second-order valence-corrected chi connectivity index (χ2v) is 9.71. The molecule has 7 nitrogen and oxygen atoms in total. The molecule has 0 bridgehead atoms. The molecule has 1 saturated heterocycles. The quantitative estimate of drug-likeness (QED) is 0.675. The Bertz CT molecular complexity index is 1020. The van der Waals surface area contributed by atoms with Crippen LogP contribution in [0.25, 0.3) is 0 Å². The number of sulfonamides is 1. The highest BCUT2D eigenvalue weighted by molar-refractivity contribution is 7.89. The van der Waals surface area contributed by atoms with Gasteiger partial charge in [0.25, 0.3) is 0 Å². The van der Waals surface area contributed by atoms with Crippen molar-refractivity contribution in [2.24, 2.45) is 0 Å². The van der Waals surface area contributed by atoms with Gasteiger partial charge in [-0.05, 0) is 31.5 Å². The van der Waals surface area contributed by atoms with Crippen LogP contribution >= 0.6 is 0 Å². The Morgan fingerprint density at radius 3 is 2.52 bits per heavy atom. The van der Waals surface area contributed by atoms with E-state index in [4.69, 9.17) is 4.74 Å². The van der Waals surface area contributed by atoms with E-state index in [0.29, 0.717) is 24.4 Å². The van der Waals surface area contributed by atoms with Crippen LogP contribution in [0.2, 0.25) is 0 Å². The Labute approximate surface area is 185 Å². The molecule has 1 amide bonds. The molecule has 31 heavy (non-hydrogen) atoms. The molecule has 0 saturated carbocycles. The zero-order valence-electron chi connectivity index (χ0n) is 18.4. The fourth-order valence-corrected chi connectivity index (χ4v) is 5.45. The number of aryl methyl sites for hydroxylation is 2. The van der Waals surface area contributed by atoms with Crippen LogP contribution in [0.4, 0.5) is 0 Å². The Hall–Kier alpha value is -2.42. The molecule has 1 N–H and O–H groups in total. The summed E-state index contributed by atoms with van der Waals surface area (Å²) in [7, 11) is -2.24. The predicted octanol–water partition coefficient (Wildman–Crippen LogP) is 2.32. The highest BCUT2D eigenvalue weighted by atomic mass is 32.2. The van der Waals surface area contributed by atoms with Gasteiger partial charge >= 0.3 is 0 Å². The first-order chi connectivity index (χ1) is 14.8. The van der Waals surface area contributed by atoms with E-state index in [2.05, 4.69) is 5.32 Å². The smallest absolute Gasteiger partial charge is 0.243 e.